The van der Waals surface area contributed by atoms with Gasteiger partial charge in [-0.3, -0.25) is 43.2 Å². The molecule has 5 atom stereocenters. The number of carboxylic acid groups (broad SMARTS) is 4. The average Bonchev–Trinajstić information content (AvgIpc) is 2.92. The van der Waals surface area contributed by atoms with E-state index in [0.717, 1.165) is 0 Å². The molecule has 19 nitrogen and oxygen atoms in total. The highest BCUT2D eigenvalue weighted by Gasteiger charge is 2.32. The zero-order chi connectivity index (χ0) is 33.3. The summed E-state index contributed by atoms with van der Waals surface area (Å²) >= 11 is 7.84. The standard InChI is InChI=1S/C22H34N6O13S2/c23-9(1-3-14(29)30)18(37)25-10(2-4-15(31)32)20(39)28-13(8-43)22(41)26-11(5-16(33)34)21(40)27-12(7-42)19(38)24-6-17(35)36/h9-13,42-43H,1-8,23H2,(H,24,38)(H,25,37)(H,26,41)(H,27,40)(H,28,39)(H,29,30)(H,31,32)(H,33,34)(H,35,36). The zero-order valence-corrected chi connectivity index (χ0v) is 24.3. The van der Waals surface area contributed by atoms with Gasteiger partial charge in [-0.25, -0.2) is 0 Å². The first kappa shape index (κ1) is 38.9. The molecule has 11 N–H and O–H groups in total. The van der Waals surface area contributed by atoms with Gasteiger partial charge < -0.3 is 52.7 Å². The number of carbonyl (C=O) groups is 9. The molecule has 0 fully saturated rings. The second kappa shape index (κ2) is 19.9. The minimum atomic E-state index is -1.80. The molecule has 0 saturated heterocycles. The van der Waals surface area contributed by atoms with E-state index in [4.69, 9.17) is 21.1 Å². The van der Waals surface area contributed by atoms with E-state index in [2.05, 4.69) is 46.5 Å². The molecule has 0 aliphatic heterocycles. The third-order valence-corrected chi connectivity index (χ3v) is 6.07. The predicted molar refractivity (Wildman–Crippen MR) is 150 cm³/mol. The fourth-order valence-electron chi connectivity index (χ4n) is 3.10. The first-order chi connectivity index (χ1) is 20.0. The van der Waals surface area contributed by atoms with Gasteiger partial charge in [0.15, 0.2) is 0 Å². The van der Waals surface area contributed by atoms with Crippen LogP contribution in [0, 0.1) is 0 Å². The predicted octanol–water partition coefficient (Wildman–Crippen LogP) is -4.48. The second-order valence-electron chi connectivity index (χ2n) is 8.79. The molecule has 0 aromatic carbocycles. The van der Waals surface area contributed by atoms with E-state index in [-0.39, 0.29) is 12.2 Å². The summed E-state index contributed by atoms with van der Waals surface area (Å²) in [5, 5.41) is 46.2. The molecular weight excluding hydrogens is 620 g/mol. The van der Waals surface area contributed by atoms with E-state index in [9.17, 15) is 48.3 Å². The lowest BCUT2D eigenvalue weighted by atomic mass is 10.1. The number of amides is 5. The van der Waals surface area contributed by atoms with Crippen LogP contribution in [0.25, 0.3) is 0 Å². The Morgan fingerprint density at radius 1 is 0.535 bits per heavy atom. The van der Waals surface area contributed by atoms with Crippen molar-refractivity contribution in [2.24, 2.45) is 5.73 Å². The number of hydrogen-bond donors (Lipinski definition) is 12. The van der Waals surface area contributed by atoms with Crippen molar-refractivity contribution in [3.05, 3.63) is 0 Å². The van der Waals surface area contributed by atoms with Crippen molar-refractivity contribution >= 4 is 78.7 Å². The number of rotatable bonds is 21. The topological polar surface area (TPSA) is 321 Å². The Bertz CT molecular complexity index is 1080. The van der Waals surface area contributed by atoms with E-state index < -0.39 is 122 Å². The van der Waals surface area contributed by atoms with E-state index in [0.29, 0.717) is 0 Å². The lowest BCUT2D eigenvalue weighted by Crippen LogP contribution is -2.59. The summed E-state index contributed by atoms with van der Waals surface area (Å²) in [6.45, 7) is -0.778. The van der Waals surface area contributed by atoms with E-state index in [1.165, 1.54) is 0 Å². The van der Waals surface area contributed by atoms with E-state index in [1.807, 2.05) is 5.32 Å². The van der Waals surface area contributed by atoms with Crippen molar-refractivity contribution in [3.63, 3.8) is 0 Å². The Hall–Kier alpha value is -4.11. The van der Waals surface area contributed by atoms with Crippen molar-refractivity contribution < 1.29 is 63.6 Å². The first-order valence-electron chi connectivity index (χ1n) is 12.4. The number of hydrogen-bond acceptors (Lipinski definition) is 12. The van der Waals surface area contributed by atoms with Gasteiger partial charge in [0.2, 0.25) is 29.5 Å². The van der Waals surface area contributed by atoms with Gasteiger partial charge in [0.1, 0.15) is 30.7 Å². The number of aliphatic carboxylic acids is 4. The smallest absolute Gasteiger partial charge is 0.322 e. The van der Waals surface area contributed by atoms with Crippen LogP contribution in [0.4, 0.5) is 0 Å². The monoisotopic (exact) mass is 654 g/mol. The molecule has 43 heavy (non-hydrogen) atoms. The maximum Gasteiger partial charge on any atom is 0.322 e. The molecule has 0 radical (unpaired) electrons. The van der Waals surface area contributed by atoms with Gasteiger partial charge in [-0.2, -0.15) is 25.3 Å². The highest BCUT2D eigenvalue weighted by atomic mass is 32.1. The summed E-state index contributed by atoms with van der Waals surface area (Å²) in [6.07, 6.45) is -2.80. The highest BCUT2D eigenvalue weighted by molar-refractivity contribution is 7.80. The largest absolute Gasteiger partial charge is 0.481 e. The van der Waals surface area contributed by atoms with Crippen LogP contribution in [0.15, 0.2) is 0 Å². The van der Waals surface area contributed by atoms with Crippen LogP contribution in [-0.2, 0) is 43.2 Å². The van der Waals surface area contributed by atoms with Gasteiger partial charge in [0.05, 0.1) is 12.5 Å². The Morgan fingerprint density at radius 2 is 0.953 bits per heavy atom. The lowest BCUT2D eigenvalue weighted by Gasteiger charge is -2.25. The minimum Gasteiger partial charge on any atom is -0.481 e. The van der Waals surface area contributed by atoms with Gasteiger partial charge in [0.25, 0.3) is 0 Å². The average molecular weight is 655 g/mol. The van der Waals surface area contributed by atoms with Gasteiger partial charge in [-0.15, -0.1) is 0 Å². The molecule has 0 saturated carbocycles. The third-order valence-electron chi connectivity index (χ3n) is 5.34. The van der Waals surface area contributed by atoms with E-state index in [1.54, 1.807) is 0 Å². The van der Waals surface area contributed by atoms with E-state index >= 15 is 0 Å². The van der Waals surface area contributed by atoms with Crippen molar-refractivity contribution in [1.82, 2.24) is 26.6 Å². The molecule has 0 bridgehead atoms. The van der Waals surface area contributed by atoms with Gasteiger partial charge >= 0.3 is 23.9 Å². The van der Waals surface area contributed by atoms with Gasteiger partial charge in [-0.1, -0.05) is 0 Å². The molecule has 5 unspecified atom stereocenters. The summed E-state index contributed by atoms with van der Waals surface area (Å²) < 4.78 is 0. The maximum absolute atomic E-state index is 12.9. The summed E-state index contributed by atoms with van der Waals surface area (Å²) in [5.74, 6) is -11.5. The Labute approximate surface area is 254 Å². The molecule has 5 amide bonds. The van der Waals surface area contributed by atoms with Crippen LogP contribution >= 0.6 is 25.3 Å². The van der Waals surface area contributed by atoms with Gasteiger partial charge in [-0.05, 0) is 12.8 Å². The van der Waals surface area contributed by atoms with Gasteiger partial charge in [0, 0.05) is 24.3 Å². The van der Waals surface area contributed by atoms with Crippen molar-refractivity contribution in [1.29, 1.82) is 0 Å². The van der Waals surface area contributed by atoms with Crippen LogP contribution in [0.3, 0.4) is 0 Å². The minimum absolute atomic E-state index is 0.293. The van der Waals surface area contributed by atoms with Crippen LogP contribution in [0.2, 0.25) is 0 Å². The number of thiol groups is 2. The number of nitrogens with two attached hydrogens (primary N) is 1. The molecule has 0 rings (SSSR count). The Balaban J connectivity index is 5.65. The molecule has 0 aromatic rings. The number of nitrogens with one attached hydrogen (secondary N) is 5. The fourth-order valence-corrected chi connectivity index (χ4v) is 3.61. The molecule has 0 aliphatic carbocycles. The highest BCUT2D eigenvalue weighted by Crippen LogP contribution is 2.04. The molecule has 242 valence electrons. The summed E-state index contributed by atoms with van der Waals surface area (Å²) in [4.78, 5) is 107. The molecule has 21 heteroatoms. The van der Waals surface area contributed by atoms with Crippen molar-refractivity contribution in [3.8, 4) is 0 Å². The number of carboxylic acids is 4. The summed E-state index contributed by atoms with van der Waals surface area (Å²) in [6, 6.07) is -7.67. The molecule has 0 heterocycles. The Kier molecular flexibility index (Phi) is 18.0. The lowest BCUT2D eigenvalue weighted by molar-refractivity contribution is -0.142. The summed E-state index contributed by atoms with van der Waals surface area (Å²) in [7, 11) is 0. The molecule has 0 aliphatic rings. The third kappa shape index (κ3) is 16.2. The normalized spacial score (nSPS) is 14.0. The summed E-state index contributed by atoms with van der Waals surface area (Å²) in [5.41, 5.74) is 5.62. The molecular formula is C22H34N6O13S2. The second-order valence-corrected chi connectivity index (χ2v) is 9.52. The first-order valence-corrected chi connectivity index (χ1v) is 13.6. The van der Waals surface area contributed by atoms with Crippen LogP contribution < -0.4 is 32.3 Å². The van der Waals surface area contributed by atoms with Crippen molar-refractivity contribution in [2.75, 3.05) is 18.1 Å². The van der Waals surface area contributed by atoms with Crippen LogP contribution in [0.5, 0.6) is 0 Å². The molecule has 0 aromatic heterocycles. The fraction of sp³-hybridized carbons (Fsp3) is 0.591. The number of carbonyl (C=O) groups excluding carboxylic acids is 5. The van der Waals surface area contributed by atoms with Crippen LogP contribution in [-0.4, -0.2) is 122 Å². The zero-order valence-electron chi connectivity index (χ0n) is 22.5. The molecule has 0 spiro atoms. The Morgan fingerprint density at radius 3 is 1.42 bits per heavy atom. The quantitative estimate of drug-likeness (QED) is 0.0519. The maximum atomic E-state index is 12.9. The SMILES string of the molecule is NC(CCC(=O)O)C(=O)NC(CCC(=O)O)C(=O)NC(CS)C(=O)NC(CC(=O)O)C(=O)NC(CS)C(=O)NCC(=O)O. The van der Waals surface area contributed by atoms with Crippen molar-refractivity contribution in [2.45, 2.75) is 62.3 Å². The van der Waals surface area contributed by atoms with Crippen LogP contribution in [0.1, 0.15) is 32.1 Å².